The van der Waals surface area contributed by atoms with Crippen LogP contribution in [-0.2, 0) is 26.2 Å². The number of carbonyl (C=O) groups is 2. The van der Waals surface area contributed by atoms with Crippen LogP contribution in [0, 0.1) is 12.7 Å². The Morgan fingerprint density at radius 2 is 1.53 bits per heavy atom. The van der Waals surface area contributed by atoms with E-state index in [1.54, 1.807) is 25.1 Å². The van der Waals surface area contributed by atoms with Crippen molar-refractivity contribution in [3.63, 3.8) is 0 Å². The molecule has 0 radical (unpaired) electrons. The zero-order valence-electron chi connectivity index (χ0n) is 22.1. The van der Waals surface area contributed by atoms with E-state index in [0.717, 1.165) is 21.5 Å². The molecule has 9 heteroatoms. The van der Waals surface area contributed by atoms with Gasteiger partial charge in [0, 0.05) is 12.6 Å². The van der Waals surface area contributed by atoms with Gasteiger partial charge in [-0.25, -0.2) is 12.8 Å². The fourth-order valence-electron chi connectivity index (χ4n) is 3.91. The minimum absolute atomic E-state index is 0.0796. The highest BCUT2D eigenvalue weighted by molar-refractivity contribution is 7.92. The molecule has 202 valence electrons. The maximum atomic E-state index is 14.9. The summed E-state index contributed by atoms with van der Waals surface area (Å²) in [5.74, 6) is -1.78. The first kappa shape index (κ1) is 28.8. The van der Waals surface area contributed by atoms with Gasteiger partial charge < -0.3 is 10.2 Å². The summed E-state index contributed by atoms with van der Waals surface area (Å²) in [5, 5.41) is 2.89. The quantitative estimate of drug-likeness (QED) is 0.384. The molecule has 0 aliphatic heterocycles. The molecule has 0 fully saturated rings. The van der Waals surface area contributed by atoms with Crippen LogP contribution < -0.4 is 9.62 Å². The van der Waals surface area contributed by atoms with Gasteiger partial charge in [-0.2, -0.15) is 0 Å². The summed E-state index contributed by atoms with van der Waals surface area (Å²) in [6.07, 6.45) is 0.709. The van der Waals surface area contributed by atoms with Crippen LogP contribution in [0.2, 0.25) is 0 Å². The normalized spacial score (nSPS) is 12.9. The number of para-hydroxylation sites is 1. The zero-order chi connectivity index (χ0) is 27.9. The number of nitrogens with one attached hydrogen (secondary N) is 1. The van der Waals surface area contributed by atoms with Crippen LogP contribution in [0.3, 0.4) is 0 Å². The molecule has 2 amide bonds. The number of halogens is 1. The molecule has 0 saturated carbocycles. The average molecular weight is 540 g/mol. The molecule has 0 heterocycles. The van der Waals surface area contributed by atoms with Gasteiger partial charge in [-0.05, 0) is 62.6 Å². The molecule has 3 aromatic carbocycles. The second-order valence-corrected chi connectivity index (χ2v) is 11.1. The van der Waals surface area contributed by atoms with Crippen LogP contribution in [-0.4, -0.2) is 43.8 Å². The van der Waals surface area contributed by atoms with E-state index in [-0.39, 0.29) is 29.1 Å². The van der Waals surface area contributed by atoms with Crippen LogP contribution >= 0.6 is 0 Å². The lowest BCUT2D eigenvalue weighted by Gasteiger charge is -2.32. The summed E-state index contributed by atoms with van der Waals surface area (Å²) >= 11 is 0. The predicted octanol–water partition coefficient (Wildman–Crippen LogP) is 4.66. The lowest BCUT2D eigenvalue weighted by atomic mass is 10.1. The Labute approximate surface area is 224 Å². The maximum absolute atomic E-state index is 14.9. The number of anilines is 1. The molecule has 0 spiro atoms. The van der Waals surface area contributed by atoms with E-state index in [1.165, 1.54) is 35.2 Å². The minimum atomic E-state index is -4.31. The molecule has 38 heavy (non-hydrogen) atoms. The van der Waals surface area contributed by atoms with Gasteiger partial charge >= 0.3 is 0 Å². The van der Waals surface area contributed by atoms with Crippen molar-refractivity contribution in [3.05, 3.63) is 95.8 Å². The Kier molecular flexibility index (Phi) is 9.63. The monoisotopic (exact) mass is 539 g/mol. The fraction of sp³-hybridized carbons (Fsp3) is 0.310. The largest absolute Gasteiger partial charge is 0.352 e. The van der Waals surface area contributed by atoms with Gasteiger partial charge in [0.25, 0.3) is 10.0 Å². The highest BCUT2D eigenvalue weighted by Crippen LogP contribution is 2.27. The Morgan fingerprint density at radius 3 is 2.16 bits per heavy atom. The van der Waals surface area contributed by atoms with Crippen molar-refractivity contribution in [1.29, 1.82) is 0 Å². The van der Waals surface area contributed by atoms with Crippen LogP contribution in [0.1, 0.15) is 38.3 Å². The summed E-state index contributed by atoms with van der Waals surface area (Å²) in [6.45, 7) is 6.69. The molecule has 2 atom stereocenters. The first-order valence-electron chi connectivity index (χ1n) is 12.5. The molecule has 0 unspecified atom stereocenters. The number of carbonyl (C=O) groups excluding carboxylic acids is 2. The Hall–Kier alpha value is -3.72. The third kappa shape index (κ3) is 6.77. The second kappa shape index (κ2) is 12.7. The maximum Gasteiger partial charge on any atom is 0.264 e. The molecular weight excluding hydrogens is 505 g/mol. The van der Waals surface area contributed by atoms with Gasteiger partial charge in [-0.1, -0.05) is 61.5 Å². The lowest BCUT2D eigenvalue weighted by molar-refractivity contribution is -0.139. The highest BCUT2D eigenvalue weighted by Gasteiger charge is 2.33. The molecule has 3 rings (SSSR count). The zero-order valence-corrected chi connectivity index (χ0v) is 22.9. The molecule has 3 aromatic rings. The van der Waals surface area contributed by atoms with E-state index in [2.05, 4.69) is 5.32 Å². The molecule has 0 saturated heterocycles. The van der Waals surface area contributed by atoms with E-state index < -0.39 is 34.3 Å². The molecule has 0 bridgehead atoms. The predicted molar refractivity (Wildman–Crippen MR) is 146 cm³/mol. The molecular formula is C29H34FN3O4S. The van der Waals surface area contributed by atoms with E-state index in [9.17, 15) is 22.4 Å². The first-order valence-corrected chi connectivity index (χ1v) is 14.0. The topological polar surface area (TPSA) is 86.8 Å². The Morgan fingerprint density at radius 1 is 0.921 bits per heavy atom. The van der Waals surface area contributed by atoms with Crippen molar-refractivity contribution in [2.24, 2.45) is 0 Å². The van der Waals surface area contributed by atoms with Gasteiger partial charge in [0.05, 0.1) is 10.6 Å². The summed E-state index contributed by atoms with van der Waals surface area (Å²) < 4.78 is 43.0. The van der Waals surface area contributed by atoms with Crippen molar-refractivity contribution >= 4 is 27.5 Å². The van der Waals surface area contributed by atoms with Crippen molar-refractivity contribution in [1.82, 2.24) is 10.2 Å². The van der Waals surface area contributed by atoms with Gasteiger partial charge in [0.1, 0.15) is 18.4 Å². The molecule has 0 aromatic heterocycles. The third-order valence-electron chi connectivity index (χ3n) is 6.50. The van der Waals surface area contributed by atoms with Gasteiger partial charge in [-0.3, -0.25) is 13.9 Å². The number of hydrogen-bond donors (Lipinski definition) is 1. The highest BCUT2D eigenvalue weighted by atomic mass is 32.2. The van der Waals surface area contributed by atoms with Gasteiger partial charge in [0.2, 0.25) is 11.8 Å². The molecule has 1 N–H and O–H groups in total. The van der Waals surface area contributed by atoms with Crippen LogP contribution in [0.15, 0.2) is 83.8 Å². The summed E-state index contributed by atoms with van der Waals surface area (Å²) in [5.41, 5.74) is 1.48. The number of benzene rings is 3. The van der Waals surface area contributed by atoms with Crippen molar-refractivity contribution in [2.75, 3.05) is 10.8 Å². The van der Waals surface area contributed by atoms with Crippen LogP contribution in [0.4, 0.5) is 10.1 Å². The van der Waals surface area contributed by atoms with Crippen molar-refractivity contribution in [3.8, 4) is 0 Å². The standard InChI is InChI=1S/C29H34FN3O4S/c1-5-22(3)31-29(35)23(4)32(19-24-14-10-9-13-21(24)2)28(34)20-33(27-18-12-11-17-26(27)30)38(36,37)25-15-7-6-8-16-25/h6-18,22-23H,5,19-20H2,1-4H3,(H,31,35)/t22-,23+/m1/s1. The molecule has 0 aliphatic carbocycles. The Bertz CT molecular complexity index is 1370. The minimum Gasteiger partial charge on any atom is -0.352 e. The van der Waals surface area contributed by atoms with Crippen molar-refractivity contribution in [2.45, 2.75) is 57.6 Å². The van der Waals surface area contributed by atoms with Gasteiger partial charge in [-0.15, -0.1) is 0 Å². The summed E-state index contributed by atoms with van der Waals surface area (Å²) in [7, 11) is -4.31. The Balaban J connectivity index is 2.04. The third-order valence-corrected chi connectivity index (χ3v) is 8.28. The second-order valence-electron chi connectivity index (χ2n) is 9.22. The average Bonchev–Trinajstić information content (AvgIpc) is 2.91. The number of aryl methyl sites for hydroxylation is 1. The summed E-state index contributed by atoms with van der Waals surface area (Å²) in [6, 6.07) is 19.4. The first-order chi connectivity index (χ1) is 18.1. The number of nitrogens with zero attached hydrogens (tertiary/aromatic N) is 2. The van der Waals surface area contributed by atoms with E-state index in [0.29, 0.717) is 6.42 Å². The van der Waals surface area contributed by atoms with E-state index >= 15 is 0 Å². The molecule has 0 aliphatic rings. The molecule has 7 nitrogen and oxygen atoms in total. The SMILES string of the molecule is CC[C@@H](C)NC(=O)[C@H](C)N(Cc1ccccc1C)C(=O)CN(c1ccccc1F)S(=O)(=O)c1ccccc1. The lowest BCUT2D eigenvalue weighted by Crippen LogP contribution is -2.52. The number of sulfonamides is 1. The number of amides is 2. The number of rotatable bonds is 11. The number of hydrogen-bond acceptors (Lipinski definition) is 4. The van der Waals surface area contributed by atoms with Gasteiger partial charge in [0.15, 0.2) is 0 Å². The smallest absolute Gasteiger partial charge is 0.264 e. The van der Waals surface area contributed by atoms with E-state index in [4.69, 9.17) is 0 Å². The van der Waals surface area contributed by atoms with Crippen LogP contribution in [0.25, 0.3) is 0 Å². The van der Waals surface area contributed by atoms with Crippen molar-refractivity contribution < 1.29 is 22.4 Å². The fourth-order valence-corrected chi connectivity index (χ4v) is 5.35. The summed E-state index contributed by atoms with van der Waals surface area (Å²) in [4.78, 5) is 28.2. The van der Waals surface area contributed by atoms with Crippen LogP contribution in [0.5, 0.6) is 0 Å². The van der Waals surface area contributed by atoms with E-state index in [1.807, 2.05) is 45.0 Å².